The number of nitrogens with one attached hydrogen (secondary N) is 3. The van der Waals surface area contributed by atoms with Gasteiger partial charge in [-0.2, -0.15) is 0 Å². The zero-order valence-electron chi connectivity index (χ0n) is 12.3. The van der Waals surface area contributed by atoms with Crippen LogP contribution in [0, 0.1) is 0 Å². The summed E-state index contributed by atoms with van der Waals surface area (Å²) in [6.07, 6.45) is 3.06. The SMILES string of the molecule is CCCNC(=O)CNS(=O)(=O)c1ncccc1NCCC. The molecular formula is C13H22N4O3S. The summed E-state index contributed by atoms with van der Waals surface area (Å²) in [4.78, 5) is 15.4. The zero-order valence-corrected chi connectivity index (χ0v) is 13.2. The molecule has 7 nitrogen and oxygen atoms in total. The number of amides is 1. The highest BCUT2D eigenvalue weighted by atomic mass is 32.2. The quantitative estimate of drug-likeness (QED) is 0.623. The number of carbonyl (C=O) groups is 1. The topological polar surface area (TPSA) is 100 Å². The molecule has 0 fully saturated rings. The fourth-order valence-electron chi connectivity index (χ4n) is 1.56. The monoisotopic (exact) mass is 314 g/mol. The van der Waals surface area contributed by atoms with E-state index in [-0.39, 0.29) is 17.5 Å². The van der Waals surface area contributed by atoms with Gasteiger partial charge in [0.05, 0.1) is 12.2 Å². The van der Waals surface area contributed by atoms with E-state index in [0.29, 0.717) is 18.8 Å². The first kappa shape index (κ1) is 17.4. The first-order valence-electron chi connectivity index (χ1n) is 6.96. The van der Waals surface area contributed by atoms with Crippen molar-refractivity contribution in [1.82, 2.24) is 15.0 Å². The first-order chi connectivity index (χ1) is 10.0. The van der Waals surface area contributed by atoms with Gasteiger partial charge in [0.25, 0.3) is 10.0 Å². The van der Waals surface area contributed by atoms with Crippen LogP contribution in [-0.4, -0.2) is 38.9 Å². The number of rotatable bonds is 9. The Morgan fingerprint density at radius 1 is 1.24 bits per heavy atom. The van der Waals surface area contributed by atoms with E-state index < -0.39 is 10.0 Å². The highest BCUT2D eigenvalue weighted by Gasteiger charge is 2.20. The Morgan fingerprint density at radius 3 is 2.62 bits per heavy atom. The van der Waals surface area contributed by atoms with Crippen molar-refractivity contribution in [3.63, 3.8) is 0 Å². The summed E-state index contributed by atoms with van der Waals surface area (Å²) in [6, 6.07) is 3.30. The number of carbonyl (C=O) groups excluding carboxylic acids is 1. The highest BCUT2D eigenvalue weighted by Crippen LogP contribution is 2.17. The van der Waals surface area contributed by atoms with Crippen molar-refractivity contribution < 1.29 is 13.2 Å². The van der Waals surface area contributed by atoms with Gasteiger partial charge in [0.1, 0.15) is 0 Å². The molecule has 0 aliphatic heterocycles. The van der Waals surface area contributed by atoms with Gasteiger partial charge in [0.2, 0.25) is 5.91 Å². The summed E-state index contributed by atoms with van der Waals surface area (Å²) in [5.41, 5.74) is 0.431. The summed E-state index contributed by atoms with van der Waals surface area (Å²) >= 11 is 0. The minimum atomic E-state index is -3.83. The van der Waals surface area contributed by atoms with Crippen LogP contribution in [0.5, 0.6) is 0 Å². The minimum absolute atomic E-state index is 0.0956. The Morgan fingerprint density at radius 2 is 1.95 bits per heavy atom. The molecule has 0 saturated carbocycles. The van der Waals surface area contributed by atoms with Crippen LogP contribution in [0.25, 0.3) is 0 Å². The Bertz CT molecular complexity index is 560. The number of hydrogen-bond donors (Lipinski definition) is 3. The van der Waals surface area contributed by atoms with Crippen molar-refractivity contribution in [2.24, 2.45) is 0 Å². The molecule has 1 aromatic heterocycles. The molecule has 8 heteroatoms. The number of aromatic nitrogens is 1. The predicted octanol–water partition coefficient (Wildman–Crippen LogP) is 0.708. The number of hydrogen-bond acceptors (Lipinski definition) is 5. The molecule has 0 saturated heterocycles. The number of anilines is 1. The van der Waals surface area contributed by atoms with Crippen molar-refractivity contribution in [2.75, 3.05) is 25.0 Å². The molecule has 1 aromatic rings. The van der Waals surface area contributed by atoms with Gasteiger partial charge in [-0.3, -0.25) is 4.79 Å². The lowest BCUT2D eigenvalue weighted by Gasteiger charge is -2.11. The summed E-state index contributed by atoms with van der Waals surface area (Å²) in [6.45, 7) is 4.77. The van der Waals surface area contributed by atoms with Crippen LogP contribution in [0.3, 0.4) is 0 Å². The smallest absolute Gasteiger partial charge is 0.260 e. The third-order valence-corrected chi connectivity index (χ3v) is 3.94. The van der Waals surface area contributed by atoms with Crippen molar-refractivity contribution >= 4 is 21.6 Å². The Labute approximate surface area is 125 Å². The summed E-state index contributed by atoms with van der Waals surface area (Å²) in [5.74, 6) is -0.362. The van der Waals surface area contributed by atoms with Crippen LogP contribution in [0.1, 0.15) is 26.7 Å². The van der Waals surface area contributed by atoms with E-state index in [9.17, 15) is 13.2 Å². The maximum atomic E-state index is 12.2. The van der Waals surface area contributed by atoms with Gasteiger partial charge in [0, 0.05) is 19.3 Å². The normalized spacial score (nSPS) is 11.1. The molecule has 0 unspecified atom stereocenters. The van der Waals surface area contributed by atoms with Crippen molar-refractivity contribution in [3.05, 3.63) is 18.3 Å². The minimum Gasteiger partial charge on any atom is -0.383 e. The fourth-order valence-corrected chi connectivity index (χ4v) is 2.64. The molecule has 1 heterocycles. The molecule has 1 rings (SSSR count). The van der Waals surface area contributed by atoms with Crippen LogP contribution >= 0.6 is 0 Å². The summed E-state index contributed by atoms with van der Waals surface area (Å²) in [7, 11) is -3.83. The van der Waals surface area contributed by atoms with Gasteiger partial charge < -0.3 is 10.6 Å². The molecule has 0 radical (unpaired) electrons. The standard InChI is InChI=1S/C13H22N4O3S/c1-3-7-14-11-6-5-9-16-13(11)21(19,20)17-10-12(18)15-8-4-2/h5-6,9,14,17H,3-4,7-8,10H2,1-2H3,(H,15,18). The van der Waals surface area contributed by atoms with Gasteiger partial charge in [-0.15, -0.1) is 0 Å². The molecule has 0 atom stereocenters. The molecule has 0 bridgehead atoms. The van der Waals surface area contributed by atoms with Crippen LogP contribution in [0.15, 0.2) is 23.4 Å². The van der Waals surface area contributed by atoms with Crippen LogP contribution in [0.4, 0.5) is 5.69 Å². The lowest BCUT2D eigenvalue weighted by atomic mass is 10.4. The molecular weight excluding hydrogens is 292 g/mol. The second-order valence-corrected chi connectivity index (χ2v) is 6.14. The van der Waals surface area contributed by atoms with E-state index >= 15 is 0 Å². The van der Waals surface area contributed by atoms with E-state index in [1.165, 1.54) is 6.20 Å². The van der Waals surface area contributed by atoms with Gasteiger partial charge >= 0.3 is 0 Å². The van der Waals surface area contributed by atoms with Crippen LogP contribution in [0.2, 0.25) is 0 Å². The lowest BCUT2D eigenvalue weighted by Crippen LogP contribution is -2.37. The average Bonchev–Trinajstić information content (AvgIpc) is 2.49. The molecule has 1 amide bonds. The number of nitrogens with zero attached hydrogens (tertiary/aromatic N) is 1. The number of pyridine rings is 1. The highest BCUT2D eigenvalue weighted by molar-refractivity contribution is 7.89. The molecule has 0 spiro atoms. The molecule has 0 aliphatic rings. The molecule has 3 N–H and O–H groups in total. The van der Waals surface area contributed by atoms with Gasteiger partial charge in [-0.1, -0.05) is 13.8 Å². The first-order valence-corrected chi connectivity index (χ1v) is 8.44. The zero-order chi connectivity index (χ0) is 15.7. The van der Waals surface area contributed by atoms with E-state index in [1.807, 2.05) is 13.8 Å². The van der Waals surface area contributed by atoms with E-state index in [4.69, 9.17) is 0 Å². The predicted molar refractivity (Wildman–Crippen MR) is 81.5 cm³/mol. The molecule has 21 heavy (non-hydrogen) atoms. The molecule has 118 valence electrons. The third-order valence-electron chi connectivity index (χ3n) is 2.59. The third kappa shape index (κ3) is 5.68. The summed E-state index contributed by atoms with van der Waals surface area (Å²) in [5, 5.41) is 5.52. The molecule has 0 aromatic carbocycles. The van der Waals surface area contributed by atoms with E-state index in [0.717, 1.165) is 12.8 Å². The van der Waals surface area contributed by atoms with Gasteiger partial charge in [0.15, 0.2) is 5.03 Å². The molecule has 0 aliphatic carbocycles. The average molecular weight is 314 g/mol. The van der Waals surface area contributed by atoms with Crippen molar-refractivity contribution in [2.45, 2.75) is 31.7 Å². The largest absolute Gasteiger partial charge is 0.383 e. The Balaban J connectivity index is 2.76. The van der Waals surface area contributed by atoms with E-state index in [2.05, 4.69) is 20.3 Å². The fraction of sp³-hybridized carbons (Fsp3) is 0.538. The van der Waals surface area contributed by atoms with Gasteiger partial charge in [-0.05, 0) is 25.0 Å². The second kappa shape index (κ2) is 8.58. The summed E-state index contributed by atoms with van der Waals surface area (Å²) < 4.78 is 26.7. The van der Waals surface area contributed by atoms with Crippen LogP contribution < -0.4 is 15.4 Å². The lowest BCUT2D eigenvalue weighted by molar-refractivity contribution is -0.119. The van der Waals surface area contributed by atoms with Crippen molar-refractivity contribution in [1.29, 1.82) is 0 Å². The Kier molecular flexibility index (Phi) is 7.10. The number of sulfonamides is 1. The maximum absolute atomic E-state index is 12.2. The van der Waals surface area contributed by atoms with Crippen LogP contribution in [-0.2, 0) is 14.8 Å². The second-order valence-electron chi connectivity index (χ2n) is 4.46. The maximum Gasteiger partial charge on any atom is 0.260 e. The van der Waals surface area contributed by atoms with Crippen molar-refractivity contribution in [3.8, 4) is 0 Å². The van der Waals surface area contributed by atoms with E-state index in [1.54, 1.807) is 12.1 Å². The Hall–Kier alpha value is -1.67. The van der Waals surface area contributed by atoms with Gasteiger partial charge in [-0.25, -0.2) is 18.1 Å².